The molecule has 0 amide bonds. The summed E-state index contributed by atoms with van der Waals surface area (Å²) in [7, 11) is 0. The molecule has 0 aromatic carbocycles. The summed E-state index contributed by atoms with van der Waals surface area (Å²) < 4.78 is 0. The van der Waals surface area contributed by atoms with Crippen molar-refractivity contribution < 1.29 is 0 Å². The second kappa shape index (κ2) is 5.57. The summed E-state index contributed by atoms with van der Waals surface area (Å²) in [5, 5.41) is 0. The fraction of sp³-hybridized carbons (Fsp3) is 0.667. The Balaban J connectivity index is 1.68. The molecule has 1 aromatic heterocycles. The Morgan fingerprint density at radius 2 is 2.32 bits per heavy atom. The van der Waals surface area contributed by atoms with Gasteiger partial charge in [0.2, 0.25) is 0 Å². The molecule has 3 rings (SSSR count). The number of piperazine rings is 1. The van der Waals surface area contributed by atoms with Crippen molar-refractivity contribution in [1.29, 1.82) is 0 Å². The van der Waals surface area contributed by atoms with E-state index in [1.54, 1.807) is 0 Å². The zero-order valence-electron chi connectivity index (χ0n) is 11.8. The molecule has 0 aliphatic carbocycles. The molecule has 2 saturated heterocycles. The predicted molar refractivity (Wildman–Crippen MR) is 76.6 cm³/mol. The summed E-state index contributed by atoms with van der Waals surface area (Å²) in [6.07, 6.45) is 4.62. The quantitative estimate of drug-likeness (QED) is 0.887. The highest BCUT2D eigenvalue weighted by molar-refractivity contribution is 5.16. The van der Waals surface area contributed by atoms with E-state index < -0.39 is 0 Å². The van der Waals surface area contributed by atoms with Crippen molar-refractivity contribution in [1.82, 2.24) is 14.8 Å². The summed E-state index contributed by atoms with van der Waals surface area (Å²) in [5.74, 6) is 0. The topological polar surface area (TPSA) is 45.4 Å². The second-order valence-electron chi connectivity index (χ2n) is 5.93. The molecule has 104 valence electrons. The number of hydrogen-bond acceptors (Lipinski definition) is 4. The van der Waals surface area contributed by atoms with Gasteiger partial charge in [0.05, 0.1) is 5.69 Å². The second-order valence-corrected chi connectivity index (χ2v) is 5.93. The lowest BCUT2D eigenvalue weighted by atomic mass is 10.1. The van der Waals surface area contributed by atoms with Crippen LogP contribution in [-0.4, -0.2) is 46.5 Å². The van der Waals surface area contributed by atoms with Gasteiger partial charge in [0, 0.05) is 44.5 Å². The van der Waals surface area contributed by atoms with Crippen LogP contribution in [0.1, 0.15) is 31.0 Å². The predicted octanol–water partition coefficient (Wildman–Crippen LogP) is 1.21. The molecule has 1 aromatic rings. The normalized spacial score (nSPS) is 28.5. The van der Waals surface area contributed by atoms with Crippen molar-refractivity contribution in [3.05, 3.63) is 29.6 Å². The van der Waals surface area contributed by atoms with E-state index in [0.717, 1.165) is 18.3 Å². The van der Waals surface area contributed by atoms with Crippen LogP contribution in [0.2, 0.25) is 0 Å². The summed E-state index contributed by atoms with van der Waals surface area (Å²) in [5.41, 5.74) is 8.00. The van der Waals surface area contributed by atoms with Gasteiger partial charge in [-0.15, -0.1) is 0 Å². The van der Waals surface area contributed by atoms with Crippen LogP contribution in [0.3, 0.4) is 0 Å². The molecule has 2 aliphatic heterocycles. The maximum atomic E-state index is 5.67. The highest BCUT2D eigenvalue weighted by Gasteiger charge is 2.34. The molecule has 2 N–H and O–H groups in total. The van der Waals surface area contributed by atoms with E-state index in [1.165, 1.54) is 38.0 Å². The van der Waals surface area contributed by atoms with Crippen LogP contribution < -0.4 is 5.73 Å². The summed E-state index contributed by atoms with van der Waals surface area (Å²) >= 11 is 0. The molecule has 0 radical (unpaired) electrons. The molecule has 0 spiro atoms. The van der Waals surface area contributed by atoms with Gasteiger partial charge in [-0.25, -0.2) is 0 Å². The maximum Gasteiger partial charge on any atom is 0.0542 e. The van der Waals surface area contributed by atoms with E-state index in [4.69, 9.17) is 5.73 Å². The molecular weight excluding hydrogens is 236 g/mol. The van der Waals surface area contributed by atoms with Crippen LogP contribution in [0.25, 0.3) is 0 Å². The van der Waals surface area contributed by atoms with E-state index in [9.17, 15) is 0 Å². The zero-order chi connectivity index (χ0) is 13.2. The molecule has 2 atom stereocenters. The Morgan fingerprint density at radius 3 is 3.16 bits per heavy atom. The van der Waals surface area contributed by atoms with E-state index in [0.29, 0.717) is 12.6 Å². The molecule has 2 fully saturated rings. The standard InChI is InChI=1S/C15H24N4/c1-12-9-18-6-2-3-15(18)11-19(12)10-13-4-5-17-14(7-13)8-16/h4-5,7,12,15H,2-3,6,8-11,16H2,1H3. The summed E-state index contributed by atoms with van der Waals surface area (Å²) in [6.45, 7) is 7.64. The molecule has 4 nitrogen and oxygen atoms in total. The van der Waals surface area contributed by atoms with Crippen LogP contribution in [0.4, 0.5) is 0 Å². The van der Waals surface area contributed by atoms with Crippen molar-refractivity contribution >= 4 is 0 Å². The van der Waals surface area contributed by atoms with Crippen molar-refractivity contribution in [3.8, 4) is 0 Å². The smallest absolute Gasteiger partial charge is 0.0542 e. The minimum absolute atomic E-state index is 0.528. The van der Waals surface area contributed by atoms with E-state index in [1.807, 2.05) is 6.20 Å². The van der Waals surface area contributed by atoms with Crippen molar-refractivity contribution in [2.24, 2.45) is 5.73 Å². The largest absolute Gasteiger partial charge is 0.325 e. The third-order valence-electron chi connectivity index (χ3n) is 4.54. The number of rotatable bonds is 3. The highest BCUT2D eigenvalue weighted by atomic mass is 15.3. The number of nitrogens with two attached hydrogens (primary N) is 1. The number of hydrogen-bond donors (Lipinski definition) is 1. The van der Waals surface area contributed by atoms with Crippen molar-refractivity contribution in [2.75, 3.05) is 19.6 Å². The summed E-state index contributed by atoms with van der Waals surface area (Å²) in [6, 6.07) is 5.69. The molecule has 0 saturated carbocycles. The molecule has 0 bridgehead atoms. The third-order valence-corrected chi connectivity index (χ3v) is 4.54. The lowest BCUT2D eigenvalue weighted by Gasteiger charge is -2.42. The van der Waals surface area contributed by atoms with E-state index in [2.05, 4.69) is 33.8 Å². The maximum absolute atomic E-state index is 5.67. The molecule has 3 heterocycles. The molecular formula is C15H24N4. The van der Waals surface area contributed by atoms with Crippen LogP contribution in [-0.2, 0) is 13.1 Å². The first kappa shape index (κ1) is 13.0. The van der Waals surface area contributed by atoms with Crippen LogP contribution in [0.5, 0.6) is 0 Å². The first-order valence-electron chi connectivity index (χ1n) is 7.38. The van der Waals surface area contributed by atoms with Gasteiger partial charge in [0.25, 0.3) is 0 Å². The van der Waals surface area contributed by atoms with Gasteiger partial charge in [0.15, 0.2) is 0 Å². The monoisotopic (exact) mass is 260 g/mol. The number of pyridine rings is 1. The molecule has 4 heteroatoms. The van der Waals surface area contributed by atoms with Crippen molar-refractivity contribution in [2.45, 2.75) is 44.9 Å². The Labute approximate surface area is 115 Å². The third kappa shape index (κ3) is 2.81. The van der Waals surface area contributed by atoms with Gasteiger partial charge in [-0.05, 0) is 44.0 Å². The molecule has 2 aliphatic rings. The van der Waals surface area contributed by atoms with Gasteiger partial charge in [0.1, 0.15) is 0 Å². The fourth-order valence-corrected chi connectivity index (χ4v) is 3.44. The fourth-order valence-electron chi connectivity index (χ4n) is 3.44. The first-order chi connectivity index (χ1) is 9.26. The minimum Gasteiger partial charge on any atom is -0.325 e. The van der Waals surface area contributed by atoms with Gasteiger partial charge >= 0.3 is 0 Å². The molecule has 19 heavy (non-hydrogen) atoms. The SMILES string of the molecule is CC1CN2CCCC2CN1Cc1ccnc(CN)c1. The Kier molecular flexibility index (Phi) is 3.82. The lowest BCUT2D eigenvalue weighted by molar-refractivity contribution is 0.0540. The van der Waals surface area contributed by atoms with Gasteiger partial charge < -0.3 is 5.73 Å². The first-order valence-corrected chi connectivity index (χ1v) is 7.38. The average Bonchev–Trinajstić information content (AvgIpc) is 2.86. The number of aromatic nitrogens is 1. The zero-order valence-corrected chi connectivity index (χ0v) is 11.8. The van der Waals surface area contributed by atoms with Crippen LogP contribution in [0, 0.1) is 0 Å². The Morgan fingerprint density at radius 1 is 1.42 bits per heavy atom. The van der Waals surface area contributed by atoms with E-state index >= 15 is 0 Å². The number of nitrogens with zero attached hydrogens (tertiary/aromatic N) is 3. The Bertz CT molecular complexity index is 434. The van der Waals surface area contributed by atoms with Crippen LogP contribution >= 0.6 is 0 Å². The minimum atomic E-state index is 0.528. The van der Waals surface area contributed by atoms with Crippen LogP contribution in [0.15, 0.2) is 18.3 Å². The lowest BCUT2D eigenvalue weighted by Crippen LogP contribution is -2.54. The average molecular weight is 260 g/mol. The van der Waals surface area contributed by atoms with E-state index in [-0.39, 0.29) is 0 Å². The Hall–Kier alpha value is -0.970. The summed E-state index contributed by atoms with van der Waals surface area (Å²) in [4.78, 5) is 9.55. The highest BCUT2D eigenvalue weighted by Crippen LogP contribution is 2.25. The van der Waals surface area contributed by atoms with Crippen molar-refractivity contribution in [3.63, 3.8) is 0 Å². The number of fused-ring (bicyclic) bond motifs is 1. The van der Waals surface area contributed by atoms with Gasteiger partial charge in [-0.3, -0.25) is 14.8 Å². The molecule has 2 unspecified atom stereocenters. The van der Waals surface area contributed by atoms with Gasteiger partial charge in [-0.2, -0.15) is 0 Å². The van der Waals surface area contributed by atoms with Gasteiger partial charge in [-0.1, -0.05) is 0 Å².